The number of nitrogens with two attached hydrogens (primary N) is 3. The number of hydrogen-bond acceptors (Lipinski definition) is 3. The minimum absolute atomic E-state index is 0.396. The summed E-state index contributed by atoms with van der Waals surface area (Å²) in [5, 5.41) is 0. The van der Waals surface area contributed by atoms with Crippen molar-refractivity contribution in [2.24, 2.45) is 17.2 Å². The van der Waals surface area contributed by atoms with E-state index < -0.39 is 0 Å². The van der Waals surface area contributed by atoms with Gasteiger partial charge in [-0.25, -0.2) is 0 Å². The van der Waals surface area contributed by atoms with Gasteiger partial charge in [0.15, 0.2) is 0 Å². The van der Waals surface area contributed by atoms with E-state index >= 15 is 0 Å². The molecule has 0 saturated carbocycles. The van der Waals surface area contributed by atoms with E-state index in [4.69, 9.17) is 17.2 Å². The van der Waals surface area contributed by atoms with Gasteiger partial charge in [0.05, 0.1) is 0 Å². The smallest absolute Gasteiger partial charge is 0.0330 e. The lowest BCUT2D eigenvalue weighted by atomic mass is 10.2. The molecule has 0 rings (SSSR count). The van der Waals surface area contributed by atoms with Crippen LogP contribution in [0.15, 0.2) is 23.5 Å². The molecular formula is C6H13N3. The molecule has 0 aromatic carbocycles. The molecule has 0 unspecified atom stereocenters. The molecule has 0 aliphatic rings. The van der Waals surface area contributed by atoms with Crippen LogP contribution in [-0.4, -0.2) is 6.54 Å². The maximum atomic E-state index is 5.47. The van der Waals surface area contributed by atoms with Gasteiger partial charge in [-0.3, -0.25) is 0 Å². The standard InChI is InChI=1S/C6H13N3/c1-2-6(9)5(3-7)4-8/h2-3H,4,7-9H2,1H3/b5-3-,6-2+. The maximum absolute atomic E-state index is 5.47. The Morgan fingerprint density at radius 3 is 2.22 bits per heavy atom. The van der Waals surface area contributed by atoms with Gasteiger partial charge >= 0.3 is 0 Å². The third-order valence-corrected chi connectivity index (χ3v) is 1.10. The molecule has 3 nitrogen and oxygen atoms in total. The van der Waals surface area contributed by atoms with Gasteiger partial charge in [0.2, 0.25) is 0 Å². The van der Waals surface area contributed by atoms with E-state index in [1.807, 2.05) is 6.92 Å². The third-order valence-electron chi connectivity index (χ3n) is 1.10. The summed E-state index contributed by atoms with van der Waals surface area (Å²) < 4.78 is 0. The summed E-state index contributed by atoms with van der Waals surface area (Å²) in [7, 11) is 0. The van der Waals surface area contributed by atoms with E-state index in [9.17, 15) is 0 Å². The Kier molecular flexibility index (Phi) is 3.55. The van der Waals surface area contributed by atoms with Gasteiger partial charge < -0.3 is 17.2 Å². The number of hydrogen-bond donors (Lipinski definition) is 3. The van der Waals surface area contributed by atoms with E-state index in [0.717, 1.165) is 5.57 Å². The van der Waals surface area contributed by atoms with Crippen molar-refractivity contribution in [2.45, 2.75) is 6.92 Å². The summed E-state index contributed by atoms with van der Waals surface area (Å²) in [4.78, 5) is 0. The van der Waals surface area contributed by atoms with Crippen LogP contribution < -0.4 is 17.2 Å². The minimum Gasteiger partial charge on any atom is -0.404 e. The van der Waals surface area contributed by atoms with E-state index in [-0.39, 0.29) is 0 Å². The van der Waals surface area contributed by atoms with Crippen LogP contribution in [0.5, 0.6) is 0 Å². The average molecular weight is 127 g/mol. The largest absolute Gasteiger partial charge is 0.404 e. The molecule has 3 heteroatoms. The molecule has 9 heavy (non-hydrogen) atoms. The lowest BCUT2D eigenvalue weighted by Gasteiger charge is -2.00. The highest BCUT2D eigenvalue weighted by Gasteiger charge is 1.92. The summed E-state index contributed by atoms with van der Waals surface area (Å²) in [6.07, 6.45) is 3.20. The normalized spacial score (nSPS) is 14.0. The fourth-order valence-electron chi connectivity index (χ4n) is 0.468. The molecule has 0 saturated heterocycles. The predicted octanol–water partition coefficient (Wildman–Crippen LogP) is -0.350. The van der Waals surface area contributed by atoms with Crippen LogP contribution in [0.25, 0.3) is 0 Å². The third kappa shape index (κ3) is 2.19. The SMILES string of the molecule is C/C=C(N)\C(=C/N)CN. The zero-order valence-corrected chi connectivity index (χ0v) is 5.59. The Hall–Kier alpha value is -0.960. The summed E-state index contributed by atoms with van der Waals surface area (Å²) in [6, 6.07) is 0. The van der Waals surface area contributed by atoms with E-state index in [1.54, 1.807) is 6.08 Å². The Labute approximate surface area is 55.2 Å². The van der Waals surface area contributed by atoms with Gasteiger partial charge in [-0.15, -0.1) is 0 Å². The molecular weight excluding hydrogens is 114 g/mol. The first-order valence-corrected chi connectivity index (χ1v) is 2.79. The number of rotatable bonds is 2. The first-order chi connectivity index (χ1) is 4.26. The molecule has 52 valence electrons. The van der Waals surface area contributed by atoms with Crippen molar-refractivity contribution in [1.29, 1.82) is 0 Å². The summed E-state index contributed by atoms with van der Waals surface area (Å²) in [5.74, 6) is 0. The second kappa shape index (κ2) is 3.97. The van der Waals surface area contributed by atoms with Gasteiger partial charge in [0, 0.05) is 24.0 Å². The molecule has 0 bridgehead atoms. The molecule has 0 atom stereocenters. The van der Waals surface area contributed by atoms with E-state index in [2.05, 4.69) is 0 Å². The van der Waals surface area contributed by atoms with Crippen molar-refractivity contribution >= 4 is 0 Å². The average Bonchev–Trinajstić information content (AvgIpc) is 1.90. The van der Waals surface area contributed by atoms with E-state index in [1.165, 1.54) is 6.20 Å². The molecule has 0 aromatic rings. The molecule has 0 heterocycles. The van der Waals surface area contributed by atoms with Crippen molar-refractivity contribution in [2.75, 3.05) is 6.54 Å². The van der Waals surface area contributed by atoms with Crippen LogP contribution in [0.1, 0.15) is 6.92 Å². The lowest BCUT2D eigenvalue weighted by molar-refractivity contribution is 1.11. The van der Waals surface area contributed by atoms with Gasteiger partial charge in [-0.2, -0.15) is 0 Å². The second-order valence-corrected chi connectivity index (χ2v) is 1.64. The monoisotopic (exact) mass is 127 g/mol. The topological polar surface area (TPSA) is 78.1 Å². The van der Waals surface area contributed by atoms with Crippen LogP contribution in [0, 0.1) is 0 Å². The number of allylic oxidation sites excluding steroid dienone is 1. The van der Waals surface area contributed by atoms with Gasteiger partial charge in [0.25, 0.3) is 0 Å². The van der Waals surface area contributed by atoms with Crippen molar-refractivity contribution in [3.05, 3.63) is 23.5 Å². The lowest BCUT2D eigenvalue weighted by Crippen LogP contribution is -2.12. The molecule has 0 fully saturated rings. The Bertz CT molecular complexity index is 135. The van der Waals surface area contributed by atoms with Crippen molar-refractivity contribution in [3.63, 3.8) is 0 Å². The molecule has 0 spiro atoms. The van der Waals surface area contributed by atoms with Crippen LogP contribution in [-0.2, 0) is 0 Å². The first kappa shape index (κ1) is 8.04. The maximum Gasteiger partial charge on any atom is 0.0330 e. The fourth-order valence-corrected chi connectivity index (χ4v) is 0.468. The predicted molar refractivity (Wildman–Crippen MR) is 39.3 cm³/mol. The van der Waals surface area contributed by atoms with Gasteiger partial charge in [0.1, 0.15) is 0 Å². The minimum atomic E-state index is 0.396. The zero-order valence-electron chi connectivity index (χ0n) is 5.59. The van der Waals surface area contributed by atoms with Crippen LogP contribution in [0.2, 0.25) is 0 Å². The molecule has 6 N–H and O–H groups in total. The fraction of sp³-hybridized carbons (Fsp3) is 0.333. The highest BCUT2D eigenvalue weighted by Crippen LogP contribution is 1.97. The molecule has 0 aliphatic heterocycles. The summed E-state index contributed by atoms with van der Waals surface area (Å²) in [5.41, 5.74) is 17.4. The summed E-state index contributed by atoms with van der Waals surface area (Å²) >= 11 is 0. The van der Waals surface area contributed by atoms with Gasteiger partial charge in [-0.1, -0.05) is 6.08 Å². The molecule has 0 radical (unpaired) electrons. The Balaban J connectivity index is 4.14. The van der Waals surface area contributed by atoms with Crippen molar-refractivity contribution in [1.82, 2.24) is 0 Å². The molecule has 0 aromatic heterocycles. The van der Waals surface area contributed by atoms with Crippen molar-refractivity contribution < 1.29 is 0 Å². The highest BCUT2D eigenvalue weighted by molar-refractivity contribution is 5.27. The summed E-state index contributed by atoms with van der Waals surface area (Å²) in [6.45, 7) is 2.24. The molecule has 0 amide bonds. The van der Waals surface area contributed by atoms with Gasteiger partial charge in [-0.05, 0) is 6.92 Å². The highest BCUT2D eigenvalue weighted by atomic mass is 14.6. The van der Waals surface area contributed by atoms with Crippen LogP contribution in [0.3, 0.4) is 0 Å². The Morgan fingerprint density at radius 2 is 2.11 bits per heavy atom. The molecule has 0 aliphatic carbocycles. The van der Waals surface area contributed by atoms with Crippen LogP contribution >= 0.6 is 0 Å². The van der Waals surface area contributed by atoms with E-state index in [0.29, 0.717) is 12.2 Å². The second-order valence-electron chi connectivity index (χ2n) is 1.64. The zero-order chi connectivity index (χ0) is 7.28. The Morgan fingerprint density at radius 1 is 1.56 bits per heavy atom. The van der Waals surface area contributed by atoms with Crippen LogP contribution in [0.4, 0.5) is 0 Å². The quantitative estimate of drug-likeness (QED) is 0.444. The first-order valence-electron chi connectivity index (χ1n) is 2.79. The van der Waals surface area contributed by atoms with Crippen molar-refractivity contribution in [3.8, 4) is 0 Å².